The summed E-state index contributed by atoms with van der Waals surface area (Å²) >= 11 is 0. The van der Waals surface area contributed by atoms with Crippen molar-refractivity contribution < 1.29 is 23.9 Å². The fraction of sp³-hybridized carbons (Fsp3) is 0.484. The summed E-state index contributed by atoms with van der Waals surface area (Å²) in [5.74, 6) is -1.07. The molecule has 2 aliphatic heterocycles. The molecule has 2 heterocycles. The van der Waals surface area contributed by atoms with Gasteiger partial charge in [0.15, 0.2) is 5.78 Å². The van der Waals surface area contributed by atoms with Gasteiger partial charge in [0.05, 0.1) is 25.8 Å². The number of fused-ring (bicyclic) bond motifs is 1. The highest BCUT2D eigenvalue weighted by atomic mass is 16.5. The topological polar surface area (TPSA) is 125 Å². The van der Waals surface area contributed by atoms with Crippen LogP contribution in [0.25, 0.3) is 0 Å². The van der Waals surface area contributed by atoms with Crippen molar-refractivity contribution in [3.05, 3.63) is 65.7 Å². The average Bonchev–Trinajstić information content (AvgIpc) is 3.53. The van der Waals surface area contributed by atoms with Crippen LogP contribution in [-0.4, -0.2) is 91.3 Å². The van der Waals surface area contributed by atoms with E-state index in [2.05, 4.69) is 5.32 Å². The summed E-state index contributed by atoms with van der Waals surface area (Å²) in [6.45, 7) is 4.55. The summed E-state index contributed by atoms with van der Waals surface area (Å²) in [5.41, 5.74) is 8.55. The number of benzene rings is 2. The zero-order valence-electron chi connectivity index (χ0n) is 24.3. The van der Waals surface area contributed by atoms with Gasteiger partial charge in [0.25, 0.3) is 5.91 Å². The molecule has 220 valence electrons. The summed E-state index contributed by atoms with van der Waals surface area (Å²) in [6, 6.07) is 13.9. The number of rotatable bonds is 11. The van der Waals surface area contributed by atoms with E-state index in [9.17, 15) is 19.2 Å². The molecule has 10 nitrogen and oxygen atoms in total. The normalized spacial score (nSPS) is 19.7. The number of Topliss-reactive ketones (excluding diaryl/α,β-unsaturated/α-hetero) is 1. The van der Waals surface area contributed by atoms with Gasteiger partial charge in [-0.2, -0.15) is 0 Å². The molecule has 2 aromatic rings. The van der Waals surface area contributed by atoms with Crippen LogP contribution >= 0.6 is 0 Å². The largest absolute Gasteiger partial charge is 0.378 e. The number of likely N-dealkylation sites (tertiary alicyclic amines) is 2. The third-order valence-corrected chi connectivity index (χ3v) is 7.67. The van der Waals surface area contributed by atoms with Crippen LogP contribution in [0.2, 0.25) is 0 Å². The lowest BCUT2D eigenvalue weighted by Crippen LogP contribution is -2.53. The first-order chi connectivity index (χ1) is 19.6. The van der Waals surface area contributed by atoms with Crippen molar-refractivity contribution in [2.45, 2.75) is 57.5 Å². The van der Waals surface area contributed by atoms with E-state index in [1.54, 1.807) is 17.0 Å². The second kappa shape index (κ2) is 13.3. The summed E-state index contributed by atoms with van der Waals surface area (Å²) in [6.07, 6.45) is 0.897. The third kappa shape index (κ3) is 7.12. The molecule has 0 radical (unpaired) electrons. The number of hydrogen-bond donors (Lipinski definition) is 2. The molecular weight excluding hydrogens is 522 g/mol. The Morgan fingerprint density at radius 2 is 1.71 bits per heavy atom. The van der Waals surface area contributed by atoms with Crippen LogP contribution in [0, 0.1) is 5.92 Å². The molecule has 0 aromatic heterocycles. The van der Waals surface area contributed by atoms with E-state index in [0.29, 0.717) is 31.6 Å². The Morgan fingerprint density at radius 3 is 2.34 bits per heavy atom. The van der Waals surface area contributed by atoms with Gasteiger partial charge in [-0.15, -0.1) is 0 Å². The maximum atomic E-state index is 13.8. The van der Waals surface area contributed by atoms with Crippen LogP contribution in [0.5, 0.6) is 0 Å². The highest BCUT2D eigenvalue weighted by Gasteiger charge is 2.52. The minimum atomic E-state index is -0.915. The molecule has 0 unspecified atom stereocenters. The van der Waals surface area contributed by atoms with Gasteiger partial charge < -0.3 is 30.5 Å². The van der Waals surface area contributed by atoms with Crippen LogP contribution in [0.3, 0.4) is 0 Å². The fourth-order valence-electron chi connectivity index (χ4n) is 5.57. The average molecular weight is 564 g/mol. The van der Waals surface area contributed by atoms with Crippen molar-refractivity contribution in [2.75, 3.05) is 38.7 Å². The second-order valence-corrected chi connectivity index (χ2v) is 11.5. The van der Waals surface area contributed by atoms with E-state index in [1.807, 2.05) is 75.3 Å². The highest BCUT2D eigenvalue weighted by molar-refractivity contribution is 6.01. The van der Waals surface area contributed by atoms with Gasteiger partial charge in [0, 0.05) is 31.9 Å². The molecule has 4 atom stereocenters. The predicted octanol–water partition coefficient (Wildman–Crippen LogP) is 1.82. The van der Waals surface area contributed by atoms with Crippen LogP contribution in [0.15, 0.2) is 54.6 Å². The van der Waals surface area contributed by atoms with Gasteiger partial charge in [-0.1, -0.05) is 44.2 Å². The number of nitrogens with zero attached hydrogens (tertiary/aromatic N) is 3. The van der Waals surface area contributed by atoms with E-state index in [1.165, 1.54) is 4.90 Å². The van der Waals surface area contributed by atoms with E-state index in [4.69, 9.17) is 10.5 Å². The molecule has 0 bridgehead atoms. The monoisotopic (exact) mass is 563 g/mol. The van der Waals surface area contributed by atoms with Crippen LogP contribution < -0.4 is 16.0 Å². The van der Waals surface area contributed by atoms with Crippen LogP contribution in [-0.2, 0) is 25.7 Å². The standard InChI is InChI=1S/C31H41N5O5/c1-20(2)16-25(33-29(38)22-10-12-23(13-11-22)34(3)4)31(40)35-15-14-26-28(35)27(37)17-36(26)30(39)24(32)19-41-18-21-8-6-5-7-9-21/h5-13,20,24-26,28H,14-19,32H2,1-4H3,(H,33,38)/t24-,25-,26+,28-/m0/s1. The Kier molecular flexibility index (Phi) is 9.77. The zero-order valence-corrected chi connectivity index (χ0v) is 24.3. The van der Waals surface area contributed by atoms with Crippen molar-refractivity contribution in [1.29, 1.82) is 0 Å². The van der Waals surface area contributed by atoms with Crippen molar-refractivity contribution in [3.63, 3.8) is 0 Å². The number of anilines is 1. The van der Waals surface area contributed by atoms with Gasteiger partial charge >= 0.3 is 0 Å². The zero-order chi connectivity index (χ0) is 29.7. The van der Waals surface area contributed by atoms with Gasteiger partial charge in [-0.05, 0) is 48.6 Å². The Morgan fingerprint density at radius 1 is 1.02 bits per heavy atom. The molecule has 0 saturated carbocycles. The van der Waals surface area contributed by atoms with Gasteiger partial charge in [0.2, 0.25) is 11.8 Å². The molecule has 41 heavy (non-hydrogen) atoms. The summed E-state index contributed by atoms with van der Waals surface area (Å²) < 4.78 is 5.66. The van der Waals surface area contributed by atoms with Gasteiger partial charge in [0.1, 0.15) is 18.1 Å². The molecule has 0 aliphatic carbocycles. The van der Waals surface area contributed by atoms with Gasteiger partial charge in [-0.25, -0.2) is 0 Å². The van der Waals surface area contributed by atoms with E-state index in [0.717, 1.165) is 11.3 Å². The molecular formula is C31H41N5O5. The number of nitrogens with two attached hydrogens (primary N) is 1. The minimum Gasteiger partial charge on any atom is -0.378 e. The lowest BCUT2D eigenvalue weighted by Gasteiger charge is -2.29. The quantitative estimate of drug-likeness (QED) is 0.427. The lowest BCUT2D eigenvalue weighted by molar-refractivity contribution is -0.138. The minimum absolute atomic E-state index is 0.0243. The molecule has 2 fully saturated rings. The third-order valence-electron chi connectivity index (χ3n) is 7.67. The molecule has 2 aromatic carbocycles. The predicted molar refractivity (Wildman–Crippen MR) is 156 cm³/mol. The number of ether oxygens (including phenoxy) is 1. The Labute approximate surface area is 241 Å². The van der Waals surface area contributed by atoms with E-state index < -0.39 is 24.2 Å². The number of ketones is 1. The molecule has 3 amide bonds. The molecule has 2 aliphatic rings. The first kappa shape index (κ1) is 30.2. The maximum absolute atomic E-state index is 13.8. The Bertz CT molecular complexity index is 1230. The molecule has 3 N–H and O–H groups in total. The van der Waals surface area contributed by atoms with Crippen molar-refractivity contribution in [2.24, 2.45) is 11.7 Å². The van der Waals surface area contributed by atoms with Crippen LogP contribution in [0.4, 0.5) is 5.69 Å². The van der Waals surface area contributed by atoms with E-state index in [-0.39, 0.29) is 42.6 Å². The first-order valence-corrected chi connectivity index (χ1v) is 14.2. The summed E-state index contributed by atoms with van der Waals surface area (Å²) in [5, 5.41) is 2.90. The molecule has 2 saturated heterocycles. The van der Waals surface area contributed by atoms with Crippen molar-refractivity contribution >= 4 is 29.2 Å². The maximum Gasteiger partial charge on any atom is 0.251 e. The molecule has 4 rings (SSSR count). The number of amides is 3. The Hall–Kier alpha value is -3.76. The number of nitrogens with one attached hydrogen (secondary N) is 1. The second-order valence-electron chi connectivity index (χ2n) is 11.5. The lowest BCUT2D eigenvalue weighted by atomic mass is 10.0. The van der Waals surface area contributed by atoms with E-state index >= 15 is 0 Å². The summed E-state index contributed by atoms with van der Waals surface area (Å²) in [7, 11) is 3.84. The first-order valence-electron chi connectivity index (χ1n) is 14.2. The highest BCUT2D eigenvalue weighted by Crippen LogP contribution is 2.31. The van der Waals surface area contributed by atoms with Crippen molar-refractivity contribution in [1.82, 2.24) is 15.1 Å². The SMILES string of the molecule is CC(C)C[C@H](NC(=O)c1ccc(N(C)C)cc1)C(=O)N1CC[C@@H]2[C@H]1C(=O)CN2C(=O)[C@@H](N)COCc1ccccc1. The number of carbonyl (C=O) groups excluding carboxylic acids is 4. The fourth-order valence-corrected chi connectivity index (χ4v) is 5.57. The number of carbonyl (C=O) groups is 4. The van der Waals surface area contributed by atoms with Gasteiger partial charge in [-0.3, -0.25) is 19.2 Å². The molecule has 10 heteroatoms. The summed E-state index contributed by atoms with van der Waals surface area (Å²) in [4.78, 5) is 58.2. The van der Waals surface area contributed by atoms with Crippen molar-refractivity contribution in [3.8, 4) is 0 Å². The molecule has 0 spiro atoms. The smallest absolute Gasteiger partial charge is 0.251 e. The number of hydrogen-bond acceptors (Lipinski definition) is 7. The van der Waals surface area contributed by atoms with Crippen LogP contribution in [0.1, 0.15) is 42.6 Å². The Balaban J connectivity index is 1.39.